The fourth-order valence-electron chi connectivity index (χ4n) is 4.66. The highest BCUT2D eigenvalue weighted by molar-refractivity contribution is 5.92. The van der Waals surface area contributed by atoms with Gasteiger partial charge in [0.1, 0.15) is 11.6 Å². The third kappa shape index (κ3) is 4.22. The first-order valence-electron chi connectivity index (χ1n) is 10.5. The number of carbonyl (C=O) groups is 2. The fourth-order valence-corrected chi connectivity index (χ4v) is 4.66. The van der Waals surface area contributed by atoms with Crippen LogP contribution in [0.2, 0.25) is 0 Å². The Kier molecular flexibility index (Phi) is 5.34. The van der Waals surface area contributed by atoms with Crippen molar-refractivity contribution in [2.45, 2.75) is 65.5 Å². The molecule has 0 spiro atoms. The number of aromatic nitrogens is 3. The van der Waals surface area contributed by atoms with Gasteiger partial charge < -0.3 is 10.6 Å². The minimum Gasteiger partial charge on any atom is -0.354 e. The van der Waals surface area contributed by atoms with Gasteiger partial charge in [-0.05, 0) is 37.2 Å². The Hall–Kier alpha value is -2.77. The maximum Gasteiger partial charge on any atom is 0.228 e. The highest BCUT2D eigenvalue weighted by Crippen LogP contribution is 2.38. The molecule has 2 aliphatic rings. The van der Waals surface area contributed by atoms with Gasteiger partial charge in [0.05, 0.1) is 12.4 Å². The van der Waals surface area contributed by atoms with Crippen molar-refractivity contribution in [3.05, 3.63) is 30.0 Å². The van der Waals surface area contributed by atoms with Crippen LogP contribution in [0.1, 0.15) is 52.1 Å². The number of hydrogen-bond donors (Lipinski definition) is 2. The molecule has 0 saturated heterocycles. The van der Waals surface area contributed by atoms with E-state index in [2.05, 4.69) is 34.6 Å². The smallest absolute Gasteiger partial charge is 0.228 e. The molecule has 2 aromatic heterocycles. The van der Waals surface area contributed by atoms with Crippen LogP contribution in [0.25, 0.3) is 11.1 Å². The molecule has 1 fully saturated rings. The first-order valence-corrected chi connectivity index (χ1v) is 10.5. The summed E-state index contributed by atoms with van der Waals surface area (Å²) in [7, 11) is 0. The Morgan fingerprint density at radius 1 is 1.23 bits per heavy atom. The molecule has 0 radical (unpaired) electrons. The van der Waals surface area contributed by atoms with Gasteiger partial charge in [0, 0.05) is 42.2 Å². The standard InChI is InChI=1S/C22H28FN5O2/c1-13(29)26-15-6-4-5-14(7-15)21(30)27-20-8-16(18(23)11-24-20)17-10-25-28-12-22(2,3)9-19(17)28/h8,10-11,14-15H,4-7,9,12H2,1-3H3,(H,26,29)(H,24,27,30)/t14-,15?/m0/s1. The van der Waals surface area contributed by atoms with Crippen molar-refractivity contribution in [2.24, 2.45) is 11.3 Å². The summed E-state index contributed by atoms with van der Waals surface area (Å²) < 4.78 is 16.5. The van der Waals surface area contributed by atoms with Gasteiger partial charge in [-0.1, -0.05) is 20.3 Å². The number of rotatable bonds is 4. The third-order valence-electron chi connectivity index (χ3n) is 6.02. The molecule has 30 heavy (non-hydrogen) atoms. The van der Waals surface area contributed by atoms with Crippen LogP contribution in [0.4, 0.5) is 10.2 Å². The fraction of sp³-hybridized carbons (Fsp3) is 0.545. The molecular weight excluding hydrogens is 385 g/mol. The minimum atomic E-state index is -0.433. The Labute approximate surface area is 175 Å². The normalized spacial score (nSPS) is 22.4. The van der Waals surface area contributed by atoms with Gasteiger partial charge in [0.2, 0.25) is 11.8 Å². The van der Waals surface area contributed by atoms with E-state index in [1.807, 2.05) is 4.68 Å². The van der Waals surface area contributed by atoms with Crippen LogP contribution in [0, 0.1) is 17.2 Å². The molecule has 2 N–H and O–H groups in total. The molecular formula is C22H28FN5O2. The van der Waals surface area contributed by atoms with Crippen LogP contribution in [0.3, 0.4) is 0 Å². The Morgan fingerprint density at radius 3 is 2.80 bits per heavy atom. The minimum absolute atomic E-state index is 0.0158. The first-order chi connectivity index (χ1) is 14.2. The lowest BCUT2D eigenvalue weighted by Gasteiger charge is -2.28. The quantitative estimate of drug-likeness (QED) is 0.805. The molecule has 8 heteroatoms. The number of anilines is 1. The molecule has 0 aromatic carbocycles. The molecule has 1 aliphatic heterocycles. The number of carbonyl (C=O) groups excluding carboxylic acids is 2. The number of pyridine rings is 1. The van der Waals surface area contributed by atoms with Crippen LogP contribution < -0.4 is 10.6 Å². The largest absolute Gasteiger partial charge is 0.354 e. The topological polar surface area (TPSA) is 88.9 Å². The van der Waals surface area contributed by atoms with Crippen LogP contribution in [-0.4, -0.2) is 32.6 Å². The molecule has 1 saturated carbocycles. The monoisotopic (exact) mass is 413 g/mol. The van der Waals surface area contributed by atoms with Gasteiger partial charge in [-0.25, -0.2) is 9.37 Å². The molecule has 1 aliphatic carbocycles. The van der Waals surface area contributed by atoms with Crippen LogP contribution >= 0.6 is 0 Å². The van der Waals surface area contributed by atoms with E-state index in [1.165, 1.54) is 6.92 Å². The third-order valence-corrected chi connectivity index (χ3v) is 6.02. The zero-order chi connectivity index (χ0) is 21.5. The van der Waals surface area contributed by atoms with Gasteiger partial charge in [-0.2, -0.15) is 5.10 Å². The Morgan fingerprint density at radius 2 is 2.03 bits per heavy atom. The molecule has 2 aromatic rings. The van der Waals surface area contributed by atoms with Gasteiger partial charge in [0.15, 0.2) is 0 Å². The van der Waals surface area contributed by atoms with Crippen molar-refractivity contribution in [3.63, 3.8) is 0 Å². The lowest BCUT2D eigenvalue weighted by Crippen LogP contribution is -2.40. The molecule has 160 valence electrons. The summed E-state index contributed by atoms with van der Waals surface area (Å²) in [6.45, 7) is 6.62. The summed E-state index contributed by atoms with van der Waals surface area (Å²) in [4.78, 5) is 28.2. The lowest BCUT2D eigenvalue weighted by atomic mass is 9.85. The highest BCUT2D eigenvalue weighted by atomic mass is 19.1. The van der Waals surface area contributed by atoms with Crippen molar-refractivity contribution in [1.82, 2.24) is 20.1 Å². The van der Waals surface area contributed by atoms with Gasteiger partial charge >= 0.3 is 0 Å². The molecule has 2 atom stereocenters. The SMILES string of the molecule is CC(=O)NC1CCC[C@H](C(=O)Nc2cc(-c3cnn4c3CC(C)(C)C4)c(F)cn2)C1. The van der Waals surface area contributed by atoms with Crippen LogP contribution in [0.15, 0.2) is 18.5 Å². The highest BCUT2D eigenvalue weighted by Gasteiger charge is 2.32. The molecule has 0 bridgehead atoms. The number of hydrogen-bond acceptors (Lipinski definition) is 4. The second-order valence-electron chi connectivity index (χ2n) is 9.30. The van der Waals surface area contributed by atoms with E-state index in [0.29, 0.717) is 17.8 Å². The zero-order valence-electron chi connectivity index (χ0n) is 17.7. The van der Waals surface area contributed by atoms with Crippen LogP contribution in [0.5, 0.6) is 0 Å². The summed E-state index contributed by atoms with van der Waals surface area (Å²) in [5.41, 5.74) is 2.25. The maximum absolute atomic E-state index is 14.6. The van der Waals surface area contributed by atoms with Gasteiger partial charge in [0.25, 0.3) is 0 Å². The molecule has 3 heterocycles. The van der Waals surface area contributed by atoms with Crippen LogP contribution in [-0.2, 0) is 22.6 Å². The second-order valence-corrected chi connectivity index (χ2v) is 9.30. The predicted molar refractivity (Wildman–Crippen MR) is 111 cm³/mol. The molecule has 2 amide bonds. The molecule has 7 nitrogen and oxygen atoms in total. The number of nitrogens with zero attached hydrogens (tertiary/aromatic N) is 3. The van der Waals surface area contributed by atoms with Gasteiger partial charge in [-0.15, -0.1) is 0 Å². The van der Waals surface area contributed by atoms with Crippen molar-refractivity contribution in [3.8, 4) is 11.1 Å². The summed E-state index contributed by atoms with van der Waals surface area (Å²) in [6.07, 6.45) is 6.78. The first kappa shape index (κ1) is 20.5. The van der Waals surface area contributed by atoms with Crippen molar-refractivity contribution >= 4 is 17.6 Å². The maximum atomic E-state index is 14.6. The zero-order valence-corrected chi connectivity index (χ0v) is 17.7. The molecule has 1 unspecified atom stereocenters. The number of nitrogens with one attached hydrogen (secondary N) is 2. The number of fused-ring (bicyclic) bond motifs is 1. The number of amides is 2. The molecule has 4 rings (SSSR count). The van der Waals surface area contributed by atoms with Gasteiger partial charge in [-0.3, -0.25) is 14.3 Å². The Balaban J connectivity index is 1.51. The van der Waals surface area contributed by atoms with Crippen molar-refractivity contribution in [1.29, 1.82) is 0 Å². The van der Waals surface area contributed by atoms with E-state index >= 15 is 0 Å². The summed E-state index contributed by atoms with van der Waals surface area (Å²) >= 11 is 0. The average molecular weight is 413 g/mol. The van der Waals surface area contributed by atoms with E-state index < -0.39 is 5.82 Å². The van der Waals surface area contributed by atoms with Crippen molar-refractivity contribution < 1.29 is 14.0 Å². The summed E-state index contributed by atoms with van der Waals surface area (Å²) in [5, 5.41) is 10.2. The van der Waals surface area contributed by atoms with E-state index in [9.17, 15) is 14.0 Å². The second kappa shape index (κ2) is 7.81. The van der Waals surface area contributed by atoms with E-state index in [-0.39, 0.29) is 29.2 Å². The summed E-state index contributed by atoms with van der Waals surface area (Å²) in [6, 6.07) is 1.60. The predicted octanol–water partition coefficient (Wildman–Crippen LogP) is 3.30. The van der Waals surface area contributed by atoms with E-state index in [1.54, 1.807) is 12.3 Å². The lowest BCUT2D eigenvalue weighted by molar-refractivity contribution is -0.123. The van der Waals surface area contributed by atoms with Crippen molar-refractivity contribution in [2.75, 3.05) is 5.32 Å². The van der Waals surface area contributed by atoms with E-state index in [4.69, 9.17) is 0 Å². The summed E-state index contributed by atoms with van der Waals surface area (Å²) in [5.74, 6) is -0.529. The average Bonchev–Trinajstić information content (AvgIpc) is 3.18. The number of halogens is 1. The van der Waals surface area contributed by atoms with E-state index in [0.717, 1.165) is 49.7 Å². The Bertz CT molecular complexity index is 984.